The number of likely N-dealkylation sites (N-methyl/N-ethyl adjacent to an activating group) is 1. The average molecular weight is 197 g/mol. The number of nitrogens with zero attached hydrogens (tertiary/aromatic N) is 2. The Morgan fingerprint density at radius 1 is 1.79 bits per heavy atom. The highest BCUT2D eigenvalue weighted by atomic mass is 16.5. The van der Waals surface area contributed by atoms with E-state index in [0.29, 0.717) is 6.54 Å². The molecule has 0 aliphatic carbocycles. The monoisotopic (exact) mass is 197 g/mol. The molecule has 0 fully saturated rings. The molecule has 5 nitrogen and oxygen atoms in total. The molecule has 0 aliphatic heterocycles. The number of rotatable bonds is 3. The largest absolute Gasteiger partial charge is 0.361 e. The van der Waals surface area contributed by atoms with Crippen molar-refractivity contribution < 1.29 is 9.32 Å². The van der Waals surface area contributed by atoms with Crippen molar-refractivity contribution in [2.24, 2.45) is 5.73 Å². The number of hydrogen-bond donors (Lipinski definition) is 1. The first kappa shape index (κ1) is 10.7. The molecule has 0 saturated heterocycles. The van der Waals surface area contributed by atoms with E-state index in [-0.39, 0.29) is 5.91 Å². The summed E-state index contributed by atoms with van der Waals surface area (Å²) in [7, 11) is 1.69. The standard InChI is InChI=1S/C9H15N3O2/c1-6-4-8(11-14-6)5-12(3)9(13)7(2)10/h4,7H,5,10H2,1-3H3/t7-/m0/s1. The van der Waals surface area contributed by atoms with E-state index in [4.69, 9.17) is 10.3 Å². The summed E-state index contributed by atoms with van der Waals surface area (Å²) in [4.78, 5) is 12.9. The van der Waals surface area contributed by atoms with Crippen LogP contribution in [0.1, 0.15) is 18.4 Å². The smallest absolute Gasteiger partial charge is 0.239 e. The predicted molar refractivity (Wildman–Crippen MR) is 51.4 cm³/mol. The first-order chi connectivity index (χ1) is 6.50. The molecule has 1 atom stereocenters. The van der Waals surface area contributed by atoms with Gasteiger partial charge in [0.2, 0.25) is 5.91 Å². The van der Waals surface area contributed by atoms with Crippen LogP contribution in [0.15, 0.2) is 10.6 Å². The van der Waals surface area contributed by atoms with E-state index in [1.807, 2.05) is 6.92 Å². The molecule has 14 heavy (non-hydrogen) atoms. The molecule has 1 heterocycles. The van der Waals surface area contributed by atoms with Crippen molar-refractivity contribution in [2.75, 3.05) is 7.05 Å². The summed E-state index contributed by atoms with van der Waals surface area (Å²) in [5.74, 6) is 0.632. The summed E-state index contributed by atoms with van der Waals surface area (Å²) >= 11 is 0. The molecular formula is C9H15N3O2. The van der Waals surface area contributed by atoms with E-state index in [1.165, 1.54) is 4.90 Å². The van der Waals surface area contributed by atoms with Gasteiger partial charge in [-0.05, 0) is 13.8 Å². The first-order valence-corrected chi connectivity index (χ1v) is 4.43. The number of amides is 1. The number of carbonyl (C=O) groups is 1. The molecule has 0 spiro atoms. The average Bonchev–Trinajstić information content (AvgIpc) is 2.49. The van der Waals surface area contributed by atoms with Crippen LogP contribution >= 0.6 is 0 Å². The van der Waals surface area contributed by atoms with Gasteiger partial charge in [0, 0.05) is 13.1 Å². The zero-order valence-electron chi connectivity index (χ0n) is 8.65. The van der Waals surface area contributed by atoms with Crippen LogP contribution < -0.4 is 5.73 Å². The summed E-state index contributed by atoms with van der Waals surface area (Å²) in [5.41, 5.74) is 6.20. The number of nitrogens with two attached hydrogens (primary N) is 1. The van der Waals surface area contributed by atoms with E-state index in [0.717, 1.165) is 11.5 Å². The Morgan fingerprint density at radius 3 is 2.86 bits per heavy atom. The van der Waals surface area contributed by atoms with E-state index in [1.54, 1.807) is 20.0 Å². The highest BCUT2D eigenvalue weighted by Crippen LogP contribution is 2.04. The third-order valence-electron chi connectivity index (χ3n) is 1.84. The summed E-state index contributed by atoms with van der Waals surface area (Å²) in [6.45, 7) is 3.90. The summed E-state index contributed by atoms with van der Waals surface area (Å²) in [6, 6.07) is 1.32. The van der Waals surface area contributed by atoms with Gasteiger partial charge in [0.1, 0.15) is 11.5 Å². The van der Waals surface area contributed by atoms with Gasteiger partial charge in [0.05, 0.1) is 12.6 Å². The highest BCUT2D eigenvalue weighted by molar-refractivity contribution is 5.80. The molecule has 0 saturated carbocycles. The Labute approximate surface area is 82.8 Å². The van der Waals surface area contributed by atoms with Gasteiger partial charge >= 0.3 is 0 Å². The topological polar surface area (TPSA) is 72.4 Å². The Morgan fingerprint density at radius 2 is 2.43 bits per heavy atom. The van der Waals surface area contributed by atoms with Gasteiger partial charge < -0.3 is 15.2 Å². The minimum atomic E-state index is -0.479. The lowest BCUT2D eigenvalue weighted by molar-refractivity contribution is -0.131. The quantitative estimate of drug-likeness (QED) is 0.755. The van der Waals surface area contributed by atoms with Crippen LogP contribution in [-0.2, 0) is 11.3 Å². The van der Waals surface area contributed by atoms with E-state index in [2.05, 4.69) is 5.16 Å². The van der Waals surface area contributed by atoms with Crippen LogP contribution in [0.5, 0.6) is 0 Å². The van der Waals surface area contributed by atoms with Crippen LogP contribution in [0.2, 0.25) is 0 Å². The lowest BCUT2D eigenvalue weighted by atomic mass is 10.3. The van der Waals surface area contributed by atoms with Crippen molar-refractivity contribution in [2.45, 2.75) is 26.4 Å². The van der Waals surface area contributed by atoms with Crippen molar-refractivity contribution >= 4 is 5.91 Å². The number of aromatic nitrogens is 1. The second-order valence-corrected chi connectivity index (χ2v) is 3.41. The summed E-state index contributed by atoms with van der Waals surface area (Å²) < 4.78 is 4.89. The Bertz CT molecular complexity index is 320. The molecular weight excluding hydrogens is 182 g/mol. The predicted octanol–water partition coefficient (Wildman–Crippen LogP) is 0.289. The Kier molecular flexibility index (Phi) is 3.24. The fourth-order valence-corrected chi connectivity index (χ4v) is 1.16. The minimum absolute atomic E-state index is 0.106. The highest BCUT2D eigenvalue weighted by Gasteiger charge is 2.14. The van der Waals surface area contributed by atoms with Crippen LogP contribution in [0, 0.1) is 6.92 Å². The number of hydrogen-bond acceptors (Lipinski definition) is 4. The summed E-state index contributed by atoms with van der Waals surface area (Å²) in [6.07, 6.45) is 0. The molecule has 0 aromatic carbocycles. The molecule has 2 N–H and O–H groups in total. The molecule has 1 aromatic heterocycles. The lowest BCUT2D eigenvalue weighted by Crippen LogP contribution is -2.39. The van der Waals surface area contributed by atoms with E-state index < -0.39 is 6.04 Å². The van der Waals surface area contributed by atoms with Crippen molar-refractivity contribution in [1.82, 2.24) is 10.1 Å². The van der Waals surface area contributed by atoms with Gasteiger partial charge in [-0.3, -0.25) is 4.79 Å². The van der Waals surface area contributed by atoms with Gasteiger partial charge in [-0.2, -0.15) is 0 Å². The van der Waals surface area contributed by atoms with Crippen molar-refractivity contribution in [1.29, 1.82) is 0 Å². The van der Waals surface area contributed by atoms with Gasteiger partial charge in [0.25, 0.3) is 0 Å². The van der Waals surface area contributed by atoms with Gasteiger partial charge in [0.15, 0.2) is 0 Å². The maximum atomic E-state index is 11.4. The van der Waals surface area contributed by atoms with Gasteiger partial charge in [-0.15, -0.1) is 0 Å². The summed E-state index contributed by atoms with van der Waals surface area (Å²) in [5, 5.41) is 3.79. The Balaban J connectivity index is 2.57. The molecule has 1 rings (SSSR count). The second kappa shape index (κ2) is 4.23. The second-order valence-electron chi connectivity index (χ2n) is 3.41. The SMILES string of the molecule is Cc1cc(CN(C)C(=O)[C@H](C)N)no1. The van der Waals surface area contributed by atoms with Crippen molar-refractivity contribution in [3.8, 4) is 0 Å². The Hall–Kier alpha value is -1.36. The first-order valence-electron chi connectivity index (χ1n) is 4.43. The van der Waals surface area contributed by atoms with Gasteiger partial charge in [-0.25, -0.2) is 0 Å². The maximum absolute atomic E-state index is 11.4. The van der Waals surface area contributed by atoms with Crippen molar-refractivity contribution in [3.05, 3.63) is 17.5 Å². The molecule has 0 radical (unpaired) electrons. The van der Waals surface area contributed by atoms with Crippen LogP contribution in [0.4, 0.5) is 0 Å². The molecule has 78 valence electrons. The van der Waals surface area contributed by atoms with Crippen LogP contribution in [0.3, 0.4) is 0 Å². The fourth-order valence-electron chi connectivity index (χ4n) is 1.16. The van der Waals surface area contributed by atoms with E-state index >= 15 is 0 Å². The zero-order valence-corrected chi connectivity index (χ0v) is 8.65. The third kappa shape index (κ3) is 2.56. The van der Waals surface area contributed by atoms with Crippen LogP contribution in [0.25, 0.3) is 0 Å². The number of aryl methyl sites for hydroxylation is 1. The molecule has 1 amide bonds. The maximum Gasteiger partial charge on any atom is 0.239 e. The molecule has 1 aromatic rings. The molecule has 0 bridgehead atoms. The fraction of sp³-hybridized carbons (Fsp3) is 0.556. The van der Waals surface area contributed by atoms with Gasteiger partial charge in [-0.1, -0.05) is 5.16 Å². The molecule has 0 unspecified atom stereocenters. The molecule has 0 aliphatic rings. The zero-order chi connectivity index (χ0) is 10.7. The third-order valence-corrected chi connectivity index (χ3v) is 1.84. The molecule has 5 heteroatoms. The minimum Gasteiger partial charge on any atom is -0.361 e. The van der Waals surface area contributed by atoms with Crippen LogP contribution in [-0.4, -0.2) is 29.1 Å². The normalized spacial score (nSPS) is 12.6. The lowest BCUT2D eigenvalue weighted by Gasteiger charge is -2.17. The number of carbonyl (C=O) groups excluding carboxylic acids is 1. The van der Waals surface area contributed by atoms with E-state index in [9.17, 15) is 4.79 Å². The van der Waals surface area contributed by atoms with Crippen molar-refractivity contribution in [3.63, 3.8) is 0 Å².